The number of phosphoric ester groups is 1. The first-order chi connectivity index (χ1) is 28.5. The maximum Gasteiger partial charge on any atom is 0.472 e. The molecule has 0 aromatic carbocycles. The van der Waals surface area contributed by atoms with E-state index in [1.54, 1.807) is 6.08 Å². The number of carbonyl (C=O) groups excluding carboxylic acids is 1. The zero-order valence-electron chi connectivity index (χ0n) is 39.5. The lowest BCUT2D eigenvalue weighted by molar-refractivity contribution is -0.870. The van der Waals surface area contributed by atoms with Gasteiger partial charge in [-0.05, 0) is 44.9 Å². The van der Waals surface area contributed by atoms with E-state index in [0.29, 0.717) is 17.4 Å². The average molecular weight is 854 g/mol. The SMILES string of the molecule is CCCC/C=C\C/C=C\CCCCCCCC(=O)NC(COP(=O)(O)OCC[N+](C)(C)C)C(O)/C=C/CCCCCCCCCCCCCCCCCCCCCCC. The number of aliphatic hydroxyl groups excluding tert-OH is 1. The highest BCUT2D eigenvalue weighted by atomic mass is 31.2. The molecule has 0 fully saturated rings. The minimum Gasteiger partial charge on any atom is -0.387 e. The van der Waals surface area contributed by atoms with Crippen molar-refractivity contribution in [2.45, 2.75) is 238 Å². The van der Waals surface area contributed by atoms with Gasteiger partial charge in [-0.2, -0.15) is 0 Å². The Balaban J connectivity index is 4.30. The van der Waals surface area contributed by atoms with E-state index in [9.17, 15) is 19.4 Å². The number of nitrogens with zero attached hydrogens (tertiary/aromatic N) is 1. The van der Waals surface area contributed by atoms with Crippen molar-refractivity contribution in [2.75, 3.05) is 40.9 Å². The summed E-state index contributed by atoms with van der Waals surface area (Å²) in [4.78, 5) is 23.2. The van der Waals surface area contributed by atoms with Gasteiger partial charge in [0.15, 0.2) is 0 Å². The Morgan fingerprint density at radius 3 is 1.44 bits per heavy atom. The normalized spacial score (nSPS) is 14.5. The topological polar surface area (TPSA) is 105 Å². The molecule has 0 saturated heterocycles. The zero-order chi connectivity index (χ0) is 43.6. The third kappa shape index (κ3) is 44.6. The molecule has 0 aromatic heterocycles. The quantitative estimate of drug-likeness (QED) is 0.0244. The van der Waals surface area contributed by atoms with Crippen LogP contribution in [0.3, 0.4) is 0 Å². The lowest BCUT2D eigenvalue weighted by atomic mass is 10.0. The fourth-order valence-electron chi connectivity index (χ4n) is 7.12. The minimum atomic E-state index is -4.34. The average Bonchev–Trinajstić information content (AvgIpc) is 3.19. The van der Waals surface area contributed by atoms with Gasteiger partial charge in [0.1, 0.15) is 13.2 Å². The van der Waals surface area contributed by atoms with Crippen molar-refractivity contribution >= 4 is 13.7 Å². The Hall–Kier alpha value is -1.28. The monoisotopic (exact) mass is 854 g/mol. The van der Waals surface area contributed by atoms with Gasteiger partial charge in [0.2, 0.25) is 5.91 Å². The van der Waals surface area contributed by atoms with Crippen LogP contribution in [0.25, 0.3) is 0 Å². The molecule has 0 aliphatic rings. The zero-order valence-corrected chi connectivity index (χ0v) is 40.4. The first-order valence-electron chi connectivity index (χ1n) is 24.9. The summed E-state index contributed by atoms with van der Waals surface area (Å²) in [5, 5.41) is 13.9. The molecule has 0 aliphatic heterocycles. The molecule has 8 nitrogen and oxygen atoms in total. The van der Waals surface area contributed by atoms with Crippen LogP contribution in [0.4, 0.5) is 0 Å². The highest BCUT2D eigenvalue weighted by Crippen LogP contribution is 2.43. The van der Waals surface area contributed by atoms with Crippen LogP contribution in [0.5, 0.6) is 0 Å². The fraction of sp³-hybridized carbons (Fsp3) is 0.860. The van der Waals surface area contributed by atoms with Gasteiger partial charge >= 0.3 is 7.82 Å². The number of allylic oxidation sites excluding steroid dienone is 5. The Morgan fingerprint density at radius 1 is 0.576 bits per heavy atom. The number of rotatable bonds is 45. The molecule has 59 heavy (non-hydrogen) atoms. The summed E-state index contributed by atoms with van der Waals surface area (Å²) in [7, 11) is 1.56. The van der Waals surface area contributed by atoms with Crippen LogP contribution >= 0.6 is 7.82 Å². The number of phosphoric acid groups is 1. The highest BCUT2D eigenvalue weighted by molar-refractivity contribution is 7.47. The lowest BCUT2D eigenvalue weighted by Crippen LogP contribution is -2.45. The first kappa shape index (κ1) is 57.7. The number of quaternary nitrogens is 1. The molecule has 0 spiro atoms. The second-order valence-electron chi connectivity index (χ2n) is 18.2. The van der Waals surface area contributed by atoms with Gasteiger partial charge in [-0.15, -0.1) is 0 Å². The van der Waals surface area contributed by atoms with Crippen LogP contribution < -0.4 is 5.32 Å². The number of amides is 1. The Kier molecular flexibility index (Phi) is 41.1. The summed E-state index contributed by atoms with van der Waals surface area (Å²) in [5.74, 6) is -0.191. The van der Waals surface area contributed by atoms with E-state index in [0.717, 1.165) is 64.2 Å². The van der Waals surface area contributed by atoms with E-state index in [-0.39, 0.29) is 19.1 Å². The van der Waals surface area contributed by atoms with Crippen LogP contribution in [-0.4, -0.2) is 73.4 Å². The van der Waals surface area contributed by atoms with Crippen molar-refractivity contribution in [3.8, 4) is 0 Å². The number of carbonyl (C=O) groups is 1. The number of aliphatic hydroxyl groups is 1. The molecule has 0 heterocycles. The van der Waals surface area contributed by atoms with Gasteiger partial charge < -0.3 is 19.8 Å². The molecule has 3 unspecified atom stereocenters. The largest absolute Gasteiger partial charge is 0.472 e. The second kappa shape index (κ2) is 42.0. The van der Waals surface area contributed by atoms with E-state index in [2.05, 4.69) is 43.5 Å². The number of hydrogen-bond acceptors (Lipinski definition) is 5. The van der Waals surface area contributed by atoms with E-state index in [1.165, 1.54) is 141 Å². The molecule has 0 aromatic rings. The number of likely N-dealkylation sites (N-methyl/N-ethyl adjacent to an activating group) is 1. The molecule has 3 N–H and O–H groups in total. The Morgan fingerprint density at radius 2 is 0.983 bits per heavy atom. The molecule has 3 atom stereocenters. The van der Waals surface area contributed by atoms with Crippen molar-refractivity contribution in [3.05, 3.63) is 36.5 Å². The smallest absolute Gasteiger partial charge is 0.387 e. The van der Waals surface area contributed by atoms with Gasteiger partial charge in [0, 0.05) is 6.42 Å². The molecule has 0 rings (SSSR count). The van der Waals surface area contributed by atoms with E-state index >= 15 is 0 Å². The molecular weight excluding hydrogens is 756 g/mol. The van der Waals surface area contributed by atoms with Crippen LogP contribution in [-0.2, 0) is 18.4 Å². The summed E-state index contributed by atoms with van der Waals surface area (Å²) in [6, 6.07) is -0.853. The molecule has 9 heteroatoms. The summed E-state index contributed by atoms with van der Waals surface area (Å²) in [6.07, 6.45) is 52.2. The molecule has 1 amide bonds. The number of unbranched alkanes of at least 4 members (excludes halogenated alkanes) is 28. The molecule has 0 radical (unpaired) electrons. The molecular formula is C50H98N2O6P+. The second-order valence-corrected chi connectivity index (χ2v) is 19.6. The maximum absolute atomic E-state index is 12.9. The van der Waals surface area contributed by atoms with E-state index < -0.39 is 20.0 Å². The van der Waals surface area contributed by atoms with Gasteiger partial charge in [-0.3, -0.25) is 13.8 Å². The molecule has 348 valence electrons. The van der Waals surface area contributed by atoms with Gasteiger partial charge in [0.25, 0.3) is 0 Å². The van der Waals surface area contributed by atoms with Crippen molar-refractivity contribution in [1.82, 2.24) is 5.32 Å². The van der Waals surface area contributed by atoms with E-state index in [4.69, 9.17) is 9.05 Å². The standard InChI is InChI=1S/C50H97N2O6P/c1-6-8-10-12-14-16-18-20-22-23-24-25-26-27-28-29-30-31-33-35-37-39-41-43-49(53)48(47-58-59(55,56)57-46-45-52(3,4)5)51-50(54)44-42-40-38-36-34-32-21-19-17-15-13-11-9-7-2/h13,15,19,21,41,43,48-49,53H,6-12,14,16-18,20,22-40,42,44-47H2,1-5H3,(H-,51,54,55,56)/p+1/b15-13-,21-19-,43-41+. The van der Waals surface area contributed by atoms with Crippen LogP contribution in [0.2, 0.25) is 0 Å². The third-order valence-electron chi connectivity index (χ3n) is 11.1. The van der Waals surface area contributed by atoms with Crippen LogP contribution in [0, 0.1) is 0 Å². The summed E-state index contributed by atoms with van der Waals surface area (Å²) < 4.78 is 23.6. The summed E-state index contributed by atoms with van der Waals surface area (Å²) >= 11 is 0. The molecule has 0 aliphatic carbocycles. The van der Waals surface area contributed by atoms with Crippen LogP contribution in [0.15, 0.2) is 36.5 Å². The molecule has 0 saturated carbocycles. The van der Waals surface area contributed by atoms with Gasteiger partial charge in [-0.25, -0.2) is 4.57 Å². The van der Waals surface area contributed by atoms with Crippen LogP contribution in [0.1, 0.15) is 226 Å². The first-order valence-corrected chi connectivity index (χ1v) is 26.4. The highest BCUT2D eigenvalue weighted by Gasteiger charge is 2.27. The summed E-state index contributed by atoms with van der Waals surface area (Å²) in [6.45, 7) is 4.77. The van der Waals surface area contributed by atoms with Crippen molar-refractivity contribution in [2.24, 2.45) is 0 Å². The number of nitrogens with one attached hydrogen (secondary N) is 1. The van der Waals surface area contributed by atoms with Crippen molar-refractivity contribution in [1.29, 1.82) is 0 Å². The van der Waals surface area contributed by atoms with Gasteiger partial charge in [-0.1, -0.05) is 211 Å². The van der Waals surface area contributed by atoms with Crippen molar-refractivity contribution in [3.63, 3.8) is 0 Å². The number of hydrogen-bond donors (Lipinski definition) is 3. The maximum atomic E-state index is 12.9. The summed E-state index contributed by atoms with van der Waals surface area (Å²) in [5.41, 5.74) is 0. The van der Waals surface area contributed by atoms with E-state index in [1.807, 2.05) is 27.2 Å². The predicted molar refractivity (Wildman–Crippen MR) is 254 cm³/mol. The fourth-order valence-corrected chi connectivity index (χ4v) is 7.85. The minimum absolute atomic E-state index is 0.0586. The lowest BCUT2D eigenvalue weighted by Gasteiger charge is -2.25. The Bertz CT molecular complexity index is 1060. The Labute approximate surface area is 366 Å². The van der Waals surface area contributed by atoms with Crippen molar-refractivity contribution < 1.29 is 32.9 Å². The van der Waals surface area contributed by atoms with Gasteiger partial charge in [0.05, 0.1) is 39.9 Å². The third-order valence-corrected chi connectivity index (χ3v) is 12.1. The molecule has 0 bridgehead atoms. The predicted octanol–water partition coefficient (Wildman–Crippen LogP) is 14.3.